The quantitative estimate of drug-likeness (QED) is 0.695. The molecule has 2 aliphatic heterocycles. The van der Waals surface area contributed by atoms with E-state index in [1.807, 2.05) is 29.2 Å². The van der Waals surface area contributed by atoms with Gasteiger partial charge in [-0.1, -0.05) is 17.7 Å². The van der Waals surface area contributed by atoms with Gasteiger partial charge in [-0.05, 0) is 55.3 Å². The van der Waals surface area contributed by atoms with Gasteiger partial charge in [0.05, 0.1) is 10.8 Å². The molecule has 0 aliphatic carbocycles. The SMILES string of the molecule is O=C([C@@H]1CCCN(S(=O)(=O)c2ccc(F)cc2)C1)N1CCN(c2cccc(Cl)c2)CC1. The molecule has 2 fully saturated rings. The Morgan fingerprint density at radius 1 is 1.00 bits per heavy atom. The van der Waals surface area contributed by atoms with Crippen LogP contribution in [-0.2, 0) is 14.8 Å². The molecule has 0 bridgehead atoms. The molecule has 2 aromatic rings. The van der Waals surface area contributed by atoms with E-state index in [9.17, 15) is 17.6 Å². The van der Waals surface area contributed by atoms with Crippen LogP contribution in [0, 0.1) is 11.7 Å². The van der Waals surface area contributed by atoms with Gasteiger partial charge in [0.1, 0.15) is 5.82 Å². The number of piperazine rings is 1. The molecular weight excluding hydrogens is 441 g/mol. The smallest absolute Gasteiger partial charge is 0.243 e. The van der Waals surface area contributed by atoms with Gasteiger partial charge in [0.2, 0.25) is 15.9 Å². The third-order valence-electron chi connectivity index (χ3n) is 5.95. The number of hydrogen-bond donors (Lipinski definition) is 0. The number of amides is 1. The van der Waals surface area contributed by atoms with Gasteiger partial charge in [-0.25, -0.2) is 12.8 Å². The van der Waals surface area contributed by atoms with Crippen LogP contribution in [0.4, 0.5) is 10.1 Å². The van der Waals surface area contributed by atoms with Crippen molar-refractivity contribution in [3.8, 4) is 0 Å². The maximum atomic E-state index is 13.2. The lowest BCUT2D eigenvalue weighted by atomic mass is 9.97. The van der Waals surface area contributed by atoms with E-state index in [1.54, 1.807) is 0 Å². The Hall–Kier alpha value is -2.16. The van der Waals surface area contributed by atoms with Gasteiger partial charge >= 0.3 is 0 Å². The van der Waals surface area contributed by atoms with Crippen LogP contribution < -0.4 is 4.90 Å². The fraction of sp³-hybridized carbons (Fsp3) is 0.409. The predicted octanol–water partition coefficient (Wildman–Crippen LogP) is 3.23. The van der Waals surface area contributed by atoms with Gasteiger partial charge in [-0.15, -0.1) is 0 Å². The maximum absolute atomic E-state index is 13.2. The van der Waals surface area contributed by atoms with E-state index in [4.69, 9.17) is 11.6 Å². The zero-order valence-electron chi connectivity index (χ0n) is 17.1. The van der Waals surface area contributed by atoms with Crippen LogP contribution in [0.3, 0.4) is 0 Å². The molecule has 1 atom stereocenters. The number of benzene rings is 2. The lowest BCUT2D eigenvalue weighted by Gasteiger charge is -2.39. The second kappa shape index (κ2) is 9.14. The summed E-state index contributed by atoms with van der Waals surface area (Å²) in [6.07, 6.45) is 1.29. The maximum Gasteiger partial charge on any atom is 0.243 e. The third-order valence-corrected chi connectivity index (χ3v) is 8.06. The molecule has 2 aromatic carbocycles. The number of nitrogens with zero attached hydrogens (tertiary/aromatic N) is 3. The first-order valence-corrected chi connectivity index (χ1v) is 12.2. The van der Waals surface area contributed by atoms with Crippen LogP contribution >= 0.6 is 11.6 Å². The van der Waals surface area contributed by atoms with E-state index in [1.165, 1.54) is 16.4 Å². The normalized spacial score (nSPS) is 20.6. The average Bonchev–Trinajstić information content (AvgIpc) is 2.79. The number of piperidine rings is 1. The van der Waals surface area contributed by atoms with Crippen LogP contribution in [0.1, 0.15) is 12.8 Å². The van der Waals surface area contributed by atoms with Crippen molar-refractivity contribution in [1.82, 2.24) is 9.21 Å². The van der Waals surface area contributed by atoms with Gasteiger partial charge in [0.25, 0.3) is 0 Å². The highest BCUT2D eigenvalue weighted by Gasteiger charge is 2.35. The summed E-state index contributed by atoms with van der Waals surface area (Å²) >= 11 is 6.08. The van der Waals surface area contributed by atoms with E-state index in [0.29, 0.717) is 50.6 Å². The Labute approximate surface area is 187 Å². The number of hydrogen-bond acceptors (Lipinski definition) is 4. The van der Waals surface area contributed by atoms with Gasteiger partial charge in [-0.2, -0.15) is 4.31 Å². The number of carbonyl (C=O) groups excluding carboxylic acids is 1. The molecule has 0 radical (unpaired) electrons. The predicted molar refractivity (Wildman–Crippen MR) is 118 cm³/mol. The fourth-order valence-electron chi connectivity index (χ4n) is 4.23. The van der Waals surface area contributed by atoms with Crippen molar-refractivity contribution in [2.45, 2.75) is 17.7 Å². The summed E-state index contributed by atoms with van der Waals surface area (Å²) in [6.45, 7) is 3.12. The highest BCUT2D eigenvalue weighted by Crippen LogP contribution is 2.26. The topological polar surface area (TPSA) is 60.9 Å². The summed E-state index contributed by atoms with van der Waals surface area (Å²) in [5, 5.41) is 0.681. The molecule has 166 valence electrons. The van der Waals surface area contributed by atoms with Crippen LogP contribution in [0.5, 0.6) is 0 Å². The number of halogens is 2. The van der Waals surface area contributed by atoms with Crippen molar-refractivity contribution in [2.24, 2.45) is 5.92 Å². The molecule has 0 aromatic heterocycles. The minimum Gasteiger partial charge on any atom is -0.368 e. The van der Waals surface area contributed by atoms with Crippen molar-refractivity contribution in [3.63, 3.8) is 0 Å². The monoisotopic (exact) mass is 465 g/mol. The van der Waals surface area contributed by atoms with E-state index in [2.05, 4.69) is 4.90 Å². The number of sulfonamides is 1. The van der Waals surface area contributed by atoms with Crippen molar-refractivity contribution in [1.29, 1.82) is 0 Å². The molecule has 9 heteroatoms. The Kier molecular flexibility index (Phi) is 6.50. The van der Waals surface area contributed by atoms with E-state index < -0.39 is 15.8 Å². The molecule has 0 saturated carbocycles. The van der Waals surface area contributed by atoms with E-state index >= 15 is 0 Å². The zero-order chi connectivity index (χ0) is 22.0. The van der Waals surface area contributed by atoms with Gasteiger partial charge < -0.3 is 9.80 Å². The first-order chi connectivity index (χ1) is 14.8. The summed E-state index contributed by atoms with van der Waals surface area (Å²) in [4.78, 5) is 17.2. The molecule has 0 unspecified atom stereocenters. The third kappa shape index (κ3) is 4.86. The van der Waals surface area contributed by atoms with Gasteiger partial charge in [0, 0.05) is 50.0 Å². The molecule has 6 nitrogen and oxygen atoms in total. The summed E-state index contributed by atoms with van der Waals surface area (Å²) in [5.74, 6) is -0.839. The van der Waals surface area contributed by atoms with Crippen molar-refractivity contribution in [2.75, 3.05) is 44.2 Å². The second-order valence-electron chi connectivity index (χ2n) is 7.95. The van der Waals surface area contributed by atoms with Crippen molar-refractivity contribution in [3.05, 3.63) is 59.4 Å². The minimum atomic E-state index is -3.75. The Morgan fingerprint density at radius 2 is 1.71 bits per heavy atom. The lowest BCUT2D eigenvalue weighted by molar-refractivity contribution is -0.137. The highest BCUT2D eigenvalue weighted by atomic mass is 35.5. The van der Waals surface area contributed by atoms with Crippen LogP contribution in [0.15, 0.2) is 53.4 Å². The zero-order valence-corrected chi connectivity index (χ0v) is 18.7. The highest BCUT2D eigenvalue weighted by molar-refractivity contribution is 7.89. The summed E-state index contributed by atoms with van der Waals surface area (Å²) < 4.78 is 40.4. The molecule has 0 spiro atoms. The van der Waals surface area contributed by atoms with Gasteiger partial charge in [-0.3, -0.25) is 4.79 Å². The van der Waals surface area contributed by atoms with E-state index in [0.717, 1.165) is 17.8 Å². The fourth-order valence-corrected chi connectivity index (χ4v) is 5.94. The van der Waals surface area contributed by atoms with Gasteiger partial charge in [0.15, 0.2) is 0 Å². The summed E-state index contributed by atoms with van der Waals surface area (Å²) in [6, 6.07) is 12.5. The lowest BCUT2D eigenvalue weighted by Crippen LogP contribution is -2.53. The first kappa shape index (κ1) is 22.0. The number of carbonyl (C=O) groups is 1. The molecular formula is C22H25ClFN3O3S. The molecule has 2 aliphatic rings. The average molecular weight is 466 g/mol. The summed E-state index contributed by atoms with van der Waals surface area (Å²) in [5.41, 5.74) is 1.04. The van der Waals surface area contributed by atoms with Crippen LogP contribution in [-0.4, -0.2) is 62.8 Å². The molecule has 31 heavy (non-hydrogen) atoms. The molecule has 2 heterocycles. The first-order valence-electron chi connectivity index (χ1n) is 10.4. The number of rotatable bonds is 4. The van der Waals surface area contributed by atoms with Crippen molar-refractivity contribution < 1.29 is 17.6 Å². The molecule has 0 N–H and O–H groups in total. The molecule has 1 amide bonds. The Bertz CT molecular complexity index is 1040. The Balaban J connectivity index is 1.38. The number of anilines is 1. The summed E-state index contributed by atoms with van der Waals surface area (Å²) in [7, 11) is -3.75. The molecule has 2 saturated heterocycles. The largest absolute Gasteiger partial charge is 0.368 e. The minimum absolute atomic E-state index is 0.00440. The standard InChI is InChI=1S/C22H25ClFN3O3S/c23-18-4-1-5-20(15-18)25-11-13-26(14-12-25)22(28)17-3-2-10-27(16-17)31(29,30)21-8-6-19(24)7-9-21/h1,4-9,15,17H,2-3,10-14,16H2/t17-/m1/s1. The van der Waals surface area contributed by atoms with Crippen molar-refractivity contribution >= 4 is 33.2 Å². The van der Waals surface area contributed by atoms with Crippen LogP contribution in [0.25, 0.3) is 0 Å². The Morgan fingerprint density at radius 3 is 2.39 bits per heavy atom. The van der Waals surface area contributed by atoms with Crippen LogP contribution in [0.2, 0.25) is 5.02 Å². The van der Waals surface area contributed by atoms with E-state index in [-0.39, 0.29) is 23.3 Å². The second-order valence-corrected chi connectivity index (χ2v) is 10.3. The molecule has 4 rings (SSSR count).